The van der Waals surface area contributed by atoms with Gasteiger partial charge in [-0.25, -0.2) is 4.98 Å². The molecule has 1 amide bonds. The van der Waals surface area contributed by atoms with Gasteiger partial charge in [-0.3, -0.25) is 4.79 Å². The molecule has 2 aromatic carbocycles. The maximum atomic E-state index is 12.5. The molecular weight excluding hydrogens is 320 g/mol. The molecule has 120 valence electrons. The van der Waals surface area contributed by atoms with E-state index in [2.05, 4.69) is 26.2 Å². The SMILES string of the molecule is CCc1nc2cc(C(=O)Nc3ccc4sncc4c3)ccc2n1C. The summed E-state index contributed by atoms with van der Waals surface area (Å²) in [5.74, 6) is 0.876. The van der Waals surface area contributed by atoms with Gasteiger partial charge in [-0.1, -0.05) is 6.92 Å². The molecule has 0 saturated heterocycles. The quantitative estimate of drug-likeness (QED) is 0.615. The number of fused-ring (bicyclic) bond motifs is 2. The summed E-state index contributed by atoms with van der Waals surface area (Å²) >= 11 is 1.45. The number of nitrogens with zero attached hydrogens (tertiary/aromatic N) is 3. The van der Waals surface area contributed by atoms with Gasteiger partial charge in [0.25, 0.3) is 5.91 Å². The molecule has 0 aliphatic rings. The minimum absolute atomic E-state index is 0.136. The van der Waals surface area contributed by atoms with Crippen molar-refractivity contribution < 1.29 is 4.79 Å². The Bertz CT molecular complexity index is 1060. The van der Waals surface area contributed by atoms with Crippen LogP contribution >= 0.6 is 11.5 Å². The number of amides is 1. The Kier molecular flexibility index (Phi) is 3.54. The van der Waals surface area contributed by atoms with E-state index in [0.717, 1.165) is 39.1 Å². The fourth-order valence-electron chi connectivity index (χ4n) is 2.86. The van der Waals surface area contributed by atoms with Crippen molar-refractivity contribution in [3.63, 3.8) is 0 Å². The summed E-state index contributed by atoms with van der Waals surface area (Å²) in [4.78, 5) is 17.1. The summed E-state index contributed by atoms with van der Waals surface area (Å²) in [6.45, 7) is 2.07. The maximum absolute atomic E-state index is 12.5. The van der Waals surface area contributed by atoms with Gasteiger partial charge in [0.05, 0.1) is 15.7 Å². The standard InChI is InChI=1S/C18H16N4OS/c1-3-17-21-14-9-11(4-6-15(14)22(17)2)18(23)20-13-5-7-16-12(8-13)10-19-24-16/h4-10H,3H2,1-2H3,(H,20,23). The summed E-state index contributed by atoms with van der Waals surface area (Å²) in [5, 5.41) is 3.98. The molecule has 0 atom stereocenters. The number of anilines is 1. The van der Waals surface area contributed by atoms with E-state index in [1.165, 1.54) is 11.5 Å². The molecule has 2 aromatic heterocycles. The van der Waals surface area contributed by atoms with Gasteiger partial charge in [-0.2, -0.15) is 4.37 Å². The Morgan fingerprint density at radius 2 is 2.12 bits per heavy atom. The molecule has 0 bridgehead atoms. The van der Waals surface area contributed by atoms with Crippen molar-refractivity contribution in [3.8, 4) is 0 Å². The van der Waals surface area contributed by atoms with Crippen molar-refractivity contribution in [2.45, 2.75) is 13.3 Å². The molecule has 4 aromatic rings. The average Bonchev–Trinajstić information content (AvgIpc) is 3.18. The first-order valence-electron chi connectivity index (χ1n) is 7.77. The fraction of sp³-hybridized carbons (Fsp3) is 0.167. The van der Waals surface area contributed by atoms with E-state index in [0.29, 0.717) is 5.56 Å². The summed E-state index contributed by atoms with van der Waals surface area (Å²) in [6.07, 6.45) is 2.67. The highest BCUT2D eigenvalue weighted by molar-refractivity contribution is 7.13. The monoisotopic (exact) mass is 336 g/mol. The largest absolute Gasteiger partial charge is 0.331 e. The van der Waals surface area contributed by atoms with Crippen molar-refractivity contribution in [1.82, 2.24) is 13.9 Å². The van der Waals surface area contributed by atoms with Gasteiger partial charge in [0.1, 0.15) is 5.82 Å². The lowest BCUT2D eigenvalue weighted by Crippen LogP contribution is -2.11. The van der Waals surface area contributed by atoms with Crippen molar-refractivity contribution in [3.05, 3.63) is 54.0 Å². The van der Waals surface area contributed by atoms with Gasteiger partial charge in [0.15, 0.2) is 0 Å². The summed E-state index contributed by atoms with van der Waals surface area (Å²) in [6, 6.07) is 11.4. The third-order valence-electron chi connectivity index (χ3n) is 4.16. The van der Waals surface area contributed by atoms with Crippen LogP contribution in [-0.4, -0.2) is 19.8 Å². The normalized spacial score (nSPS) is 11.2. The smallest absolute Gasteiger partial charge is 0.255 e. The number of hydrogen-bond acceptors (Lipinski definition) is 4. The summed E-state index contributed by atoms with van der Waals surface area (Å²) in [5.41, 5.74) is 3.25. The Hall–Kier alpha value is -2.73. The van der Waals surface area contributed by atoms with Crippen LogP contribution in [0, 0.1) is 0 Å². The zero-order chi connectivity index (χ0) is 16.7. The molecule has 0 aliphatic carbocycles. The molecular formula is C18H16N4OS. The van der Waals surface area contributed by atoms with E-state index in [1.807, 2.05) is 49.6 Å². The molecule has 5 nitrogen and oxygen atoms in total. The first-order valence-corrected chi connectivity index (χ1v) is 8.54. The number of nitrogens with one attached hydrogen (secondary N) is 1. The lowest BCUT2D eigenvalue weighted by molar-refractivity contribution is 0.102. The molecule has 0 saturated carbocycles. The zero-order valence-electron chi connectivity index (χ0n) is 13.4. The Labute approximate surface area is 143 Å². The molecule has 24 heavy (non-hydrogen) atoms. The van der Waals surface area contributed by atoms with Crippen molar-refractivity contribution in [1.29, 1.82) is 0 Å². The van der Waals surface area contributed by atoms with Gasteiger partial charge in [0, 0.05) is 36.3 Å². The second-order valence-corrected chi connectivity index (χ2v) is 6.51. The van der Waals surface area contributed by atoms with E-state index < -0.39 is 0 Å². The molecule has 0 unspecified atom stereocenters. The van der Waals surface area contributed by atoms with Gasteiger partial charge in [0.2, 0.25) is 0 Å². The topological polar surface area (TPSA) is 59.8 Å². The van der Waals surface area contributed by atoms with Crippen molar-refractivity contribution in [2.24, 2.45) is 7.05 Å². The van der Waals surface area contributed by atoms with Crippen LogP contribution in [-0.2, 0) is 13.5 Å². The molecule has 1 N–H and O–H groups in total. The third kappa shape index (κ3) is 2.45. The number of imidazole rings is 1. The molecule has 0 aliphatic heterocycles. The number of carbonyl (C=O) groups is 1. The molecule has 6 heteroatoms. The number of carbonyl (C=O) groups excluding carboxylic acids is 1. The van der Waals surface area contributed by atoms with E-state index in [9.17, 15) is 4.79 Å². The highest BCUT2D eigenvalue weighted by Crippen LogP contribution is 2.23. The van der Waals surface area contributed by atoms with E-state index in [1.54, 1.807) is 0 Å². The number of aromatic nitrogens is 3. The summed E-state index contributed by atoms with van der Waals surface area (Å²) in [7, 11) is 2.00. The van der Waals surface area contributed by atoms with E-state index in [-0.39, 0.29) is 5.91 Å². The van der Waals surface area contributed by atoms with E-state index >= 15 is 0 Å². The molecule has 0 fully saturated rings. The van der Waals surface area contributed by atoms with Crippen LogP contribution in [0.15, 0.2) is 42.6 Å². The average molecular weight is 336 g/mol. The zero-order valence-corrected chi connectivity index (χ0v) is 14.2. The number of rotatable bonds is 3. The van der Waals surface area contributed by atoms with Gasteiger partial charge in [-0.15, -0.1) is 0 Å². The second kappa shape index (κ2) is 5.72. The number of hydrogen-bond donors (Lipinski definition) is 1. The predicted molar refractivity (Wildman–Crippen MR) is 97.7 cm³/mol. The maximum Gasteiger partial charge on any atom is 0.255 e. The highest BCUT2D eigenvalue weighted by atomic mass is 32.1. The first-order chi connectivity index (χ1) is 11.7. The van der Waals surface area contributed by atoms with Crippen LogP contribution in [0.4, 0.5) is 5.69 Å². The molecule has 2 heterocycles. The van der Waals surface area contributed by atoms with E-state index in [4.69, 9.17) is 0 Å². The minimum Gasteiger partial charge on any atom is -0.331 e. The van der Waals surface area contributed by atoms with Gasteiger partial charge >= 0.3 is 0 Å². The summed E-state index contributed by atoms with van der Waals surface area (Å²) < 4.78 is 7.32. The molecule has 0 radical (unpaired) electrons. The van der Waals surface area contributed by atoms with Gasteiger partial charge < -0.3 is 9.88 Å². The van der Waals surface area contributed by atoms with Gasteiger partial charge in [-0.05, 0) is 47.9 Å². The number of benzene rings is 2. The first kappa shape index (κ1) is 14.8. The van der Waals surface area contributed by atoms with Crippen LogP contribution in [0.25, 0.3) is 21.1 Å². The second-order valence-electron chi connectivity index (χ2n) is 5.68. The molecule has 4 rings (SSSR count). The Morgan fingerprint density at radius 1 is 1.25 bits per heavy atom. The lowest BCUT2D eigenvalue weighted by Gasteiger charge is -2.05. The van der Waals surface area contributed by atoms with Crippen LogP contribution in [0.1, 0.15) is 23.1 Å². The van der Waals surface area contributed by atoms with Crippen molar-refractivity contribution >= 4 is 44.2 Å². The predicted octanol–water partition coefficient (Wildman–Crippen LogP) is 4.00. The Morgan fingerprint density at radius 3 is 2.96 bits per heavy atom. The van der Waals surface area contributed by atoms with Crippen LogP contribution < -0.4 is 5.32 Å². The van der Waals surface area contributed by atoms with Crippen LogP contribution in [0.5, 0.6) is 0 Å². The highest BCUT2D eigenvalue weighted by Gasteiger charge is 2.11. The third-order valence-corrected chi connectivity index (χ3v) is 4.94. The van der Waals surface area contributed by atoms with Crippen molar-refractivity contribution in [2.75, 3.05) is 5.32 Å². The fourth-order valence-corrected chi connectivity index (χ4v) is 3.49. The Balaban J connectivity index is 1.64. The van der Waals surface area contributed by atoms with Crippen LogP contribution in [0.2, 0.25) is 0 Å². The minimum atomic E-state index is -0.136. The van der Waals surface area contributed by atoms with Crippen LogP contribution in [0.3, 0.4) is 0 Å². The lowest BCUT2D eigenvalue weighted by atomic mass is 10.1. The molecule has 0 spiro atoms. The number of aryl methyl sites for hydroxylation is 2.